The molecule has 230 valence electrons. The molecule has 43 heavy (non-hydrogen) atoms. The van der Waals surface area contributed by atoms with Crippen LogP contribution in [0.1, 0.15) is 12.5 Å². The Labute approximate surface area is 245 Å². The Kier molecular flexibility index (Phi) is 7.34. The smallest absolute Gasteiger partial charge is 0.382 e. The molecule has 10 atom stereocenters. The fourth-order valence-electron chi connectivity index (χ4n) is 5.12. The SMILES string of the molecule is Nc1ncnc2c1ncn2[C@@H]1O[C@@H]2CO[P@@](=O)(S)O[C@@H]3[C@@H](F)[C@@H](CO[PH](=O)O[C@H]2[C@H]1F)O[C@H]3n1cnc2c(N)ncnc21. The third-order valence-electron chi connectivity index (χ3n) is 7.11. The van der Waals surface area contributed by atoms with E-state index in [9.17, 15) is 9.13 Å². The van der Waals surface area contributed by atoms with E-state index in [1.807, 2.05) is 0 Å². The molecule has 3 saturated heterocycles. The molecule has 3 aliphatic rings. The van der Waals surface area contributed by atoms with Gasteiger partial charge in [0.15, 0.2) is 47.7 Å². The summed E-state index contributed by atoms with van der Waals surface area (Å²) in [4.78, 5) is 24.2. The lowest BCUT2D eigenvalue weighted by Gasteiger charge is -2.25. The molecule has 3 aliphatic heterocycles. The summed E-state index contributed by atoms with van der Waals surface area (Å²) in [5.41, 5.74) is 12.4. The maximum Gasteiger partial charge on any atom is 0.386 e. The van der Waals surface area contributed by atoms with Crippen molar-refractivity contribution >= 4 is 61.3 Å². The van der Waals surface area contributed by atoms with Crippen molar-refractivity contribution in [2.45, 2.75) is 49.2 Å². The maximum atomic E-state index is 15.8. The Morgan fingerprint density at radius 3 is 2.12 bits per heavy atom. The number of hydrogen-bond acceptors (Lipinski definition) is 16. The van der Waals surface area contributed by atoms with E-state index < -0.39 is 77.5 Å². The third-order valence-corrected chi connectivity index (χ3v) is 9.59. The number of rotatable bonds is 2. The Hall–Kier alpha value is -2.87. The predicted octanol–water partition coefficient (Wildman–Crippen LogP) is 1.55. The minimum absolute atomic E-state index is 0.0619. The van der Waals surface area contributed by atoms with Gasteiger partial charge in [0.25, 0.3) is 0 Å². The number of halogens is 2. The summed E-state index contributed by atoms with van der Waals surface area (Å²) in [6.07, 6.45) is -7.66. The fraction of sp³-hybridized carbons (Fsp3) is 0.500. The van der Waals surface area contributed by atoms with Gasteiger partial charge in [-0.3, -0.25) is 22.7 Å². The van der Waals surface area contributed by atoms with Crippen LogP contribution in [0.4, 0.5) is 20.4 Å². The second kappa shape index (κ2) is 10.9. The van der Waals surface area contributed by atoms with Crippen molar-refractivity contribution in [1.29, 1.82) is 0 Å². The Morgan fingerprint density at radius 1 is 0.860 bits per heavy atom. The van der Waals surface area contributed by atoms with Crippen LogP contribution in [-0.2, 0) is 36.7 Å². The first-order valence-electron chi connectivity index (χ1n) is 12.6. The van der Waals surface area contributed by atoms with Crippen molar-refractivity contribution in [3.8, 4) is 0 Å². The van der Waals surface area contributed by atoms with Gasteiger partial charge in [0.1, 0.15) is 48.1 Å². The molecule has 0 amide bonds. The molecule has 0 spiro atoms. The van der Waals surface area contributed by atoms with Gasteiger partial charge in [-0.2, -0.15) is 0 Å². The van der Waals surface area contributed by atoms with Crippen LogP contribution in [0.5, 0.6) is 0 Å². The molecule has 4 N–H and O–H groups in total. The summed E-state index contributed by atoms with van der Waals surface area (Å²) < 4.78 is 93.6. The van der Waals surface area contributed by atoms with Crippen LogP contribution in [-0.4, -0.2) is 89.0 Å². The first kappa shape index (κ1) is 28.9. The molecule has 4 aromatic heterocycles. The van der Waals surface area contributed by atoms with E-state index in [4.69, 9.17) is 39.0 Å². The minimum atomic E-state index is -4.40. The average Bonchev–Trinajstić information content (AvgIpc) is 3.73. The molecular formula is C20H22F2N10O8P2S. The minimum Gasteiger partial charge on any atom is -0.382 e. The second-order valence-corrected chi connectivity index (χ2v) is 13.6. The zero-order valence-corrected chi connectivity index (χ0v) is 24.3. The Bertz CT molecular complexity index is 1770. The van der Waals surface area contributed by atoms with Crippen LogP contribution in [0, 0.1) is 0 Å². The van der Waals surface area contributed by atoms with E-state index in [2.05, 4.69) is 42.2 Å². The molecule has 7 rings (SSSR count). The van der Waals surface area contributed by atoms with Gasteiger partial charge in [0, 0.05) is 0 Å². The topological polar surface area (TPSA) is 229 Å². The number of thiol groups is 1. The number of aromatic nitrogens is 8. The molecule has 0 aromatic carbocycles. The van der Waals surface area contributed by atoms with E-state index >= 15 is 8.78 Å². The summed E-state index contributed by atoms with van der Waals surface area (Å²) in [6.45, 7) is -5.62. The number of ether oxygens (including phenoxy) is 2. The highest BCUT2D eigenvalue weighted by Crippen LogP contribution is 2.58. The standard InChI is InChI=1S/C20H22F2N10O8P2S/c21-9-7-1-35-41(33)39-13-8(38-19(10(13)22)31-5-29-11-15(23)25-3-27-17(11)31)2-36-42(34,43)40-14(9)20(37-7)32-6-30-12-16(24)26-4-28-18(12)32/h3-10,13-14,19-20,41H,1-2H2,(H,34,43)(H2,23,25,27)(H2,24,26,28)/t7-,8-,9+,10-,13-,14-,19-,20-,42-/m1/s1. The summed E-state index contributed by atoms with van der Waals surface area (Å²) >= 11 is 4.01. The van der Waals surface area contributed by atoms with Crippen LogP contribution in [0.15, 0.2) is 25.3 Å². The summed E-state index contributed by atoms with van der Waals surface area (Å²) in [5, 5.41) is 0. The molecule has 3 fully saturated rings. The quantitative estimate of drug-likeness (QED) is 0.204. The molecular weight excluding hydrogens is 640 g/mol. The maximum absolute atomic E-state index is 15.8. The Morgan fingerprint density at radius 2 is 1.47 bits per heavy atom. The number of nitrogens with two attached hydrogens (primary N) is 2. The monoisotopic (exact) mass is 662 g/mol. The van der Waals surface area contributed by atoms with Crippen LogP contribution in [0.3, 0.4) is 0 Å². The van der Waals surface area contributed by atoms with Crippen LogP contribution >= 0.6 is 27.3 Å². The lowest BCUT2D eigenvalue weighted by Crippen LogP contribution is -2.33. The second-order valence-electron chi connectivity index (χ2n) is 9.66. The van der Waals surface area contributed by atoms with Gasteiger partial charge in [-0.25, -0.2) is 43.2 Å². The zero-order chi connectivity index (χ0) is 30.0. The molecule has 7 heterocycles. The van der Waals surface area contributed by atoms with Gasteiger partial charge >= 0.3 is 15.1 Å². The van der Waals surface area contributed by atoms with E-state index in [0.717, 1.165) is 0 Å². The lowest BCUT2D eigenvalue weighted by molar-refractivity contribution is -0.0559. The Balaban J connectivity index is 1.18. The highest BCUT2D eigenvalue weighted by molar-refractivity contribution is 8.44. The van der Waals surface area contributed by atoms with E-state index in [-0.39, 0.29) is 34.0 Å². The van der Waals surface area contributed by atoms with Crippen molar-refractivity contribution in [1.82, 2.24) is 39.0 Å². The highest BCUT2D eigenvalue weighted by atomic mass is 32.7. The van der Waals surface area contributed by atoms with Crippen molar-refractivity contribution in [3.05, 3.63) is 25.3 Å². The van der Waals surface area contributed by atoms with Gasteiger partial charge in [-0.05, 0) is 0 Å². The number of nitrogen functional groups attached to an aromatic ring is 2. The zero-order valence-electron chi connectivity index (χ0n) is 21.5. The predicted molar refractivity (Wildman–Crippen MR) is 144 cm³/mol. The van der Waals surface area contributed by atoms with Crippen LogP contribution in [0.2, 0.25) is 0 Å². The lowest BCUT2D eigenvalue weighted by atomic mass is 10.1. The van der Waals surface area contributed by atoms with Crippen molar-refractivity contribution in [3.63, 3.8) is 0 Å². The van der Waals surface area contributed by atoms with Gasteiger partial charge in [-0.15, -0.1) is 0 Å². The van der Waals surface area contributed by atoms with Gasteiger partial charge in [0.2, 0.25) is 0 Å². The van der Waals surface area contributed by atoms with Gasteiger partial charge in [-0.1, -0.05) is 12.2 Å². The molecule has 1 unspecified atom stereocenters. The van der Waals surface area contributed by atoms with Crippen LogP contribution in [0.25, 0.3) is 22.3 Å². The highest BCUT2D eigenvalue weighted by Gasteiger charge is 2.53. The summed E-state index contributed by atoms with van der Waals surface area (Å²) in [5.74, 6) is 0.124. The van der Waals surface area contributed by atoms with Gasteiger partial charge in [0.05, 0.1) is 25.9 Å². The third kappa shape index (κ3) is 5.07. The van der Waals surface area contributed by atoms with E-state index in [1.54, 1.807) is 0 Å². The largest absolute Gasteiger partial charge is 0.386 e. The number of imidazole rings is 2. The molecule has 23 heteroatoms. The number of nitrogens with zero attached hydrogens (tertiary/aromatic N) is 8. The molecule has 0 saturated carbocycles. The van der Waals surface area contributed by atoms with Crippen molar-refractivity contribution < 1.29 is 45.5 Å². The number of hydrogen-bond donors (Lipinski definition) is 3. The van der Waals surface area contributed by atoms with E-state index in [1.165, 1.54) is 34.4 Å². The van der Waals surface area contributed by atoms with Crippen molar-refractivity contribution in [2.75, 3.05) is 24.7 Å². The molecule has 0 radical (unpaired) electrons. The number of anilines is 2. The summed E-state index contributed by atoms with van der Waals surface area (Å²) in [6, 6.07) is 0. The van der Waals surface area contributed by atoms with E-state index in [0.29, 0.717) is 0 Å². The molecule has 18 nitrogen and oxygen atoms in total. The first-order chi connectivity index (χ1) is 20.6. The number of alkyl halides is 2. The van der Waals surface area contributed by atoms with Crippen molar-refractivity contribution in [2.24, 2.45) is 0 Å². The number of fused-ring (bicyclic) bond motifs is 5. The summed E-state index contributed by atoms with van der Waals surface area (Å²) in [7, 11) is -3.47. The first-order valence-corrected chi connectivity index (χ1v) is 16.5. The van der Waals surface area contributed by atoms with Gasteiger partial charge < -0.3 is 30.0 Å². The average molecular weight is 662 g/mol. The molecule has 4 aromatic rings. The van der Waals surface area contributed by atoms with Crippen LogP contribution < -0.4 is 11.5 Å². The molecule has 2 bridgehead atoms. The fourth-order valence-corrected chi connectivity index (χ4v) is 7.44. The normalized spacial score (nSPS) is 37.1. The molecule has 0 aliphatic carbocycles.